The molecule has 1 unspecified atom stereocenters. The fourth-order valence-corrected chi connectivity index (χ4v) is 11.9. The van der Waals surface area contributed by atoms with Crippen molar-refractivity contribution in [3.8, 4) is 22.8 Å². The van der Waals surface area contributed by atoms with Crippen LogP contribution in [0.1, 0.15) is 111 Å². The summed E-state index contributed by atoms with van der Waals surface area (Å²) in [7, 11) is 1.70. The SMILES string of the molecule is COc1ccccc1-c1ccnc(CC2CCCN(Cc3ccc4c(c3)C3(CCC(Nc5cccc(Cl)c5)(C(=O)O)CC3)[C@@H](C[C@@H](C)COc3ccnc5c3[C@H](C)CCC5)C4)C2)n1. The largest absolute Gasteiger partial charge is 0.496 e. The summed E-state index contributed by atoms with van der Waals surface area (Å²) in [6.45, 7) is 8.24. The number of para-hydroxylation sites is 1. The number of hydrogen-bond acceptors (Lipinski definition) is 8. The standard InChI is InChI=1S/C53H62ClN5O4/c1-35(34-63-48-19-25-55-46-14-6-9-36(2)50(46)48)27-40-30-39-17-16-38(28-44(39)52(40)20-22-53(23-21-52,51(60)61)58-42-12-7-11-41(54)31-42)33-59-26-8-10-37(32-59)29-49-56-24-18-45(57-49)43-13-4-5-15-47(43)62-3/h4-5,7,11-13,15-19,24-25,28,31,35-37,40,58H,6,8-10,14,20-23,26-27,29-30,32-34H2,1-3H3,(H,60,61)/t35-,36-,37?,40+,52?,53?/m1/s1. The quantitative estimate of drug-likeness (QED) is 0.113. The number of piperidine rings is 1. The smallest absolute Gasteiger partial charge is 0.329 e. The van der Waals surface area contributed by atoms with Gasteiger partial charge in [0.2, 0.25) is 0 Å². The van der Waals surface area contributed by atoms with E-state index in [0.717, 1.165) is 105 Å². The Morgan fingerprint density at radius 3 is 2.63 bits per heavy atom. The van der Waals surface area contributed by atoms with Gasteiger partial charge in [-0.2, -0.15) is 0 Å². The summed E-state index contributed by atoms with van der Waals surface area (Å²) in [5.41, 5.74) is 8.13. The van der Waals surface area contributed by atoms with Crippen LogP contribution in [-0.2, 0) is 36.0 Å². The van der Waals surface area contributed by atoms with E-state index in [1.54, 1.807) is 7.11 Å². The van der Waals surface area contributed by atoms with E-state index in [1.807, 2.05) is 60.9 Å². The molecule has 330 valence electrons. The predicted molar refractivity (Wildman–Crippen MR) is 250 cm³/mol. The van der Waals surface area contributed by atoms with Crippen LogP contribution in [0.5, 0.6) is 11.5 Å². The molecule has 2 aromatic heterocycles. The highest BCUT2D eigenvalue weighted by Gasteiger charge is 2.54. The molecule has 3 aromatic carbocycles. The first-order chi connectivity index (χ1) is 30.6. The highest BCUT2D eigenvalue weighted by molar-refractivity contribution is 6.30. The van der Waals surface area contributed by atoms with E-state index in [-0.39, 0.29) is 5.41 Å². The molecular formula is C53H62ClN5O4. The van der Waals surface area contributed by atoms with Gasteiger partial charge in [-0.05, 0) is 165 Å². The molecule has 1 saturated heterocycles. The zero-order chi connectivity index (χ0) is 43.6. The van der Waals surface area contributed by atoms with Crippen LogP contribution in [0.2, 0.25) is 5.02 Å². The number of benzene rings is 3. The Morgan fingerprint density at radius 2 is 1.81 bits per heavy atom. The Hall–Kier alpha value is -4.99. The van der Waals surface area contributed by atoms with E-state index in [2.05, 4.69) is 54.4 Å². The third-order valence-electron chi connectivity index (χ3n) is 14.9. The maximum atomic E-state index is 13.2. The summed E-state index contributed by atoms with van der Waals surface area (Å²) in [6.07, 6.45) is 15.0. The first-order valence-electron chi connectivity index (χ1n) is 23.3. The van der Waals surface area contributed by atoms with E-state index in [9.17, 15) is 9.90 Å². The maximum Gasteiger partial charge on any atom is 0.329 e. The number of fused-ring (bicyclic) bond motifs is 3. The number of pyridine rings is 1. The second-order valence-electron chi connectivity index (χ2n) is 19.2. The van der Waals surface area contributed by atoms with Gasteiger partial charge in [0, 0.05) is 59.4 Å². The number of rotatable bonds is 14. The molecular weight excluding hydrogens is 806 g/mol. The fourth-order valence-electron chi connectivity index (χ4n) is 11.7. The molecule has 10 heteroatoms. The van der Waals surface area contributed by atoms with E-state index < -0.39 is 11.5 Å². The number of methoxy groups -OCH3 is 1. The summed E-state index contributed by atoms with van der Waals surface area (Å²) in [4.78, 5) is 30.2. The molecule has 1 spiro atoms. The molecule has 1 aliphatic heterocycles. The zero-order valence-electron chi connectivity index (χ0n) is 37.1. The molecule has 63 heavy (non-hydrogen) atoms. The molecule has 9 rings (SSSR count). The number of aryl methyl sites for hydroxylation is 1. The van der Waals surface area contributed by atoms with Crippen LogP contribution in [0.4, 0.5) is 5.69 Å². The number of nitrogens with zero attached hydrogens (tertiary/aromatic N) is 4. The number of carboxylic acid groups (broad SMARTS) is 1. The second-order valence-corrected chi connectivity index (χ2v) is 19.6. The molecule has 5 aromatic rings. The van der Waals surface area contributed by atoms with Crippen molar-refractivity contribution in [2.24, 2.45) is 17.8 Å². The average Bonchev–Trinajstić information content (AvgIpc) is 3.57. The predicted octanol–water partition coefficient (Wildman–Crippen LogP) is 11.1. The number of anilines is 1. The number of ether oxygens (including phenoxy) is 2. The summed E-state index contributed by atoms with van der Waals surface area (Å²) in [6, 6.07) is 26.7. The van der Waals surface area contributed by atoms with Crippen LogP contribution < -0.4 is 14.8 Å². The van der Waals surface area contributed by atoms with E-state index >= 15 is 0 Å². The number of halogens is 1. The van der Waals surface area contributed by atoms with Gasteiger partial charge in [0.25, 0.3) is 0 Å². The van der Waals surface area contributed by atoms with Crippen LogP contribution >= 0.6 is 11.6 Å². The highest BCUT2D eigenvalue weighted by atomic mass is 35.5. The fraction of sp³-hybridized carbons (Fsp3) is 0.472. The van der Waals surface area contributed by atoms with E-state index in [1.165, 1.54) is 40.8 Å². The lowest BCUT2D eigenvalue weighted by Crippen LogP contribution is -2.53. The average molecular weight is 869 g/mol. The number of hydrogen-bond donors (Lipinski definition) is 2. The van der Waals surface area contributed by atoms with Crippen LogP contribution in [0.3, 0.4) is 0 Å². The number of carbonyl (C=O) groups is 1. The lowest BCUT2D eigenvalue weighted by molar-refractivity contribution is -0.144. The van der Waals surface area contributed by atoms with Gasteiger partial charge < -0.3 is 19.9 Å². The van der Waals surface area contributed by atoms with Crippen molar-refractivity contribution >= 4 is 23.3 Å². The minimum Gasteiger partial charge on any atom is -0.496 e. The first-order valence-corrected chi connectivity index (χ1v) is 23.7. The lowest BCUT2D eigenvalue weighted by Gasteiger charge is -2.47. The second kappa shape index (κ2) is 18.6. The molecule has 4 aliphatic rings. The molecule has 0 amide bonds. The molecule has 1 saturated carbocycles. The lowest BCUT2D eigenvalue weighted by atomic mass is 9.59. The van der Waals surface area contributed by atoms with Crippen molar-refractivity contribution in [3.63, 3.8) is 0 Å². The number of nitrogens with one attached hydrogen (secondary N) is 1. The van der Waals surface area contributed by atoms with Crippen molar-refractivity contribution in [2.45, 2.75) is 114 Å². The monoisotopic (exact) mass is 867 g/mol. The topological polar surface area (TPSA) is 110 Å². The number of aromatic nitrogens is 3. The molecule has 9 nitrogen and oxygen atoms in total. The highest BCUT2D eigenvalue weighted by Crippen LogP contribution is 2.56. The molecule has 3 aliphatic carbocycles. The summed E-state index contributed by atoms with van der Waals surface area (Å²) in [5, 5.41) is 14.9. The van der Waals surface area contributed by atoms with Gasteiger partial charge in [-0.15, -0.1) is 0 Å². The van der Waals surface area contributed by atoms with Gasteiger partial charge in [-0.25, -0.2) is 14.8 Å². The van der Waals surface area contributed by atoms with Gasteiger partial charge in [-0.1, -0.05) is 61.8 Å². The first kappa shape index (κ1) is 43.3. The molecule has 0 bridgehead atoms. The molecule has 4 atom stereocenters. The minimum absolute atomic E-state index is 0.118. The van der Waals surface area contributed by atoms with Gasteiger partial charge in [-0.3, -0.25) is 9.88 Å². The summed E-state index contributed by atoms with van der Waals surface area (Å²) in [5.74, 6) is 3.53. The maximum absolute atomic E-state index is 13.2. The van der Waals surface area contributed by atoms with Gasteiger partial charge in [0.05, 0.1) is 19.4 Å². The van der Waals surface area contributed by atoms with Crippen molar-refractivity contribution < 1.29 is 19.4 Å². The molecule has 2 fully saturated rings. The Kier molecular flexibility index (Phi) is 12.8. The van der Waals surface area contributed by atoms with Crippen molar-refractivity contribution in [3.05, 3.63) is 130 Å². The summed E-state index contributed by atoms with van der Waals surface area (Å²) < 4.78 is 12.3. The Balaban J connectivity index is 0.929. The van der Waals surface area contributed by atoms with E-state index in [0.29, 0.717) is 48.1 Å². The number of aliphatic carboxylic acids is 1. The van der Waals surface area contributed by atoms with Gasteiger partial charge in [0.1, 0.15) is 22.9 Å². The molecule has 0 radical (unpaired) electrons. The third-order valence-corrected chi connectivity index (χ3v) is 15.2. The summed E-state index contributed by atoms with van der Waals surface area (Å²) >= 11 is 6.37. The number of carboxylic acids is 1. The molecule has 3 heterocycles. The Morgan fingerprint density at radius 1 is 0.968 bits per heavy atom. The van der Waals surface area contributed by atoms with Gasteiger partial charge >= 0.3 is 5.97 Å². The third kappa shape index (κ3) is 9.19. The van der Waals surface area contributed by atoms with Crippen LogP contribution in [0.15, 0.2) is 91.3 Å². The van der Waals surface area contributed by atoms with Crippen molar-refractivity contribution in [1.82, 2.24) is 19.9 Å². The van der Waals surface area contributed by atoms with Crippen LogP contribution in [-0.4, -0.2) is 63.3 Å². The van der Waals surface area contributed by atoms with E-state index in [4.69, 9.17) is 36.0 Å². The van der Waals surface area contributed by atoms with Crippen molar-refractivity contribution in [2.75, 3.05) is 32.1 Å². The van der Waals surface area contributed by atoms with Gasteiger partial charge in [0.15, 0.2) is 0 Å². The van der Waals surface area contributed by atoms with Crippen LogP contribution in [0, 0.1) is 17.8 Å². The Bertz CT molecular complexity index is 2420. The zero-order valence-corrected chi connectivity index (χ0v) is 37.9. The number of likely N-dealkylation sites (tertiary alicyclic amines) is 1. The molecule has 2 N–H and O–H groups in total. The minimum atomic E-state index is -1.06. The Labute approximate surface area is 378 Å². The van der Waals surface area contributed by atoms with Crippen molar-refractivity contribution in [1.29, 1.82) is 0 Å². The normalized spacial score (nSPS) is 24.9. The van der Waals surface area contributed by atoms with Crippen LogP contribution in [0.25, 0.3) is 11.3 Å².